The average Bonchev–Trinajstić information content (AvgIpc) is 3.16. The van der Waals surface area contributed by atoms with Crippen LogP contribution in [0.2, 0.25) is 0 Å². The van der Waals surface area contributed by atoms with Gasteiger partial charge in [0.05, 0.1) is 11.7 Å². The largest absolute Gasteiger partial charge is 0.474 e. The molecule has 0 radical (unpaired) electrons. The molecule has 1 atom stereocenters. The number of para-hydroxylation sites is 1. The van der Waals surface area contributed by atoms with Crippen LogP contribution in [0, 0.1) is 20.3 Å². The zero-order valence-corrected chi connectivity index (χ0v) is 22.7. The molecule has 2 aromatic carbocycles. The summed E-state index contributed by atoms with van der Waals surface area (Å²) in [5.41, 5.74) is 5.50. The van der Waals surface area contributed by atoms with Gasteiger partial charge in [0.25, 0.3) is 0 Å². The maximum absolute atomic E-state index is 6.10. The maximum atomic E-state index is 6.10. The minimum atomic E-state index is 0. The maximum Gasteiger partial charge on any atom is 0.236 e. The van der Waals surface area contributed by atoms with E-state index >= 15 is 0 Å². The van der Waals surface area contributed by atoms with Gasteiger partial charge in [-0.1, -0.05) is 97.0 Å². The van der Waals surface area contributed by atoms with E-state index in [1.807, 2.05) is 18.2 Å². The smallest absolute Gasteiger partial charge is 0.236 e. The van der Waals surface area contributed by atoms with Gasteiger partial charge in [-0.2, -0.15) is 0 Å². The Bertz CT molecular complexity index is 883. The van der Waals surface area contributed by atoms with Gasteiger partial charge in [-0.3, -0.25) is 0 Å². The number of ether oxygens (including phenoxy) is 1. The number of nitrogens with zero attached hydrogens (tertiary/aromatic N) is 2. The molecule has 0 N–H and O–H groups in total. The predicted molar refractivity (Wildman–Crippen MR) is 137 cm³/mol. The first kappa shape index (κ1) is 30.2. The zero-order valence-electron chi connectivity index (χ0n) is 21.2. The summed E-state index contributed by atoms with van der Waals surface area (Å²) in [6.45, 7) is 16.1. The first-order valence-electron chi connectivity index (χ1n) is 10.7. The van der Waals surface area contributed by atoms with Crippen molar-refractivity contribution in [1.29, 1.82) is 0 Å². The Morgan fingerprint density at radius 3 is 1.88 bits per heavy atom. The summed E-state index contributed by atoms with van der Waals surface area (Å²) in [7, 11) is 0. The first-order valence-corrected chi connectivity index (χ1v) is 10.7. The first-order chi connectivity index (χ1) is 13.7. The molecule has 2 aromatic rings. The van der Waals surface area contributed by atoms with Crippen molar-refractivity contribution >= 4 is 17.3 Å². The van der Waals surface area contributed by atoms with E-state index in [4.69, 9.17) is 14.7 Å². The van der Waals surface area contributed by atoms with Crippen molar-refractivity contribution in [3.05, 3.63) is 80.1 Å². The van der Waals surface area contributed by atoms with Crippen molar-refractivity contribution in [2.75, 3.05) is 6.61 Å². The molecular weight excluding hydrogens is 487 g/mol. The van der Waals surface area contributed by atoms with E-state index in [2.05, 4.69) is 78.8 Å². The third kappa shape index (κ3) is 6.87. The van der Waals surface area contributed by atoms with E-state index in [-0.39, 0.29) is 46.7 Å². The Balaban J connectivity index is 0.00000320. The van der Waals surface area contributed by atoms with Crippen molar-refractivity contribution in [3.8, 4) is 0 Å². The number of hydrogen-bond donors (Lipinski definition) is 0. The Morgan fingerprint density at radius 2 is 1.44 bits per heavy atom. The molecule has 3 rings (SSSR count). The van der Waals surface area contributed by atoms with E-state index in [0.717, 1.165) is 17.0 Å². The SMILES string of the molecule is CC(C)c1cccc(C(C)C)c1N=C(C1=N[C@@H](C(C)(C)C)CO1)c1ccccc1.[CH3-].[CH3-].[Pd]. The van der Waals surface area contributed by atoms with Gasteiger partial charge in [0, 0.05) is 26.0 Å². The topological polar surface area (TPSA) is 34.0 Å². The Hall–Kier alpha value is -1.76. The summed E-state index contributed by atoms with van der Waals surface area (Å²) in [6.07, 6.45) is 0. The van der Waals surface area contributed by atoms with Gasteiger partial charge in [0.2, 0.25) is 5.90 Å². The van der Waals surface area contributed by atoms with Crippen LogP contribution < -0.4 is 0 Å². The Kier molecular flexibility index (Phi) is 11.8. The van der Waals surface area contributed by atoms with Crippen LogP contribution in [0.15, 0.2) is 58.5 Å². The molecule has 1 aliphatic heterocycles. The number of benzene rings is 2. The monoisotopic (exact) mass is 526 g/mol. The molecule has 3 nitrogen and oxygen atoms in total. The van der Waals surface area contributed by atoms with E-state index in [1.54, 1.807) is 0 Å². The molecule has 0 unspecified atom stereocenters. The van der Waals surface area contributed by atoms with Crippen LogP contribution in [-0.2, 0) is 25.2 Å². The van der Waals surface area contributed by atoms with Crippen molar-refractivity contribution in [3.63, 3.8) is 0 Å². The summed E-state index contributed by atoms with van der Waals surface area (Å²) < 4.78 is 6.10. The molecule has 0 saturated heterocycles. The minimum absolute atomic E-state index is 0. The molecule has 4 heteroatoms. The summed E-state index contributed by atoms with van der Waals surface area (Å²) >= 11 is 0. The molecule has 0 aliphatic carbocycles. The van der Waals surface area contributed by atoms with Crippen molar-refractivity contribution in [2.45, 2.75) is 66.3 Å². The van der Waals surface area contributed by atoms with Crippen LogP contribution in [0.5, 0.6) is 0 Å². The quantitative estimate of drug-likeness (QED) is 0.222. The normalized spacial score (nSPS) is 16.0. The van der Waals surface area contributed by atoms with Gasteiger partial charge in [0.1, 0.15) is 12.3 Å². The fraction of sp³-hybridized carbons (Fsp3) is 0.429. The molecule has 0 fully saturated rings. The molecule has 32 heavy (non-hydrogen) atoms. The Morgan fingerprint density at radius 1 is 0.906 bits per heavy atom. The minimum Gasteiger partial charge on any atom is -0.474 e. The standard InChI is InChI=1S/C26H34N2O.2CH3.Pd/c1-17(2)20-14-11-15-21(18(3)4)24(20)28-23(19-12-9-8-10-13-19)25-27-22(16-29-25)26(5,6)7;;;/h8-15,17-18,22H,16H2,1-7H3;2*1H3;/q;2*-1;/t22-;;;/m1.../s1. The number of hydrogen-bond acceptors (Lipinski definition) is 3. The van der Waals surface area contributed by atoms with Crippen LogP contribution in [0.4, 0.5) is 5.69 Å². The predicted octanol–water partition coefficient (Wildman–Crippen LogP) is 7.80. The fourth-order valence-corrected chi connectivity index (χ4v) is 3.53. The summed E-state index contributed by atoms with van der Waals surface area (Å²) in [5.74, 6) is 1.43. The van der Waals surface area contributed by atoms with Crippen molar-refractivity contribution in [1.82, 2.24) is 0 Å². The number of aliphatic imine (C=N–C) groups is 2. The average molecular weight is 527 g/mol. The molecule has 0 saturated carbocycles. The molecule has 1 heterocycles. The van der Waals surface area contributed by atoms with E-state index in [0.29, 0.717) is 24.3 Å². The van der Waals surface area contributed by atoms with Gasteiger partial charge in [-0.05, 0) is 28.4 Å². The molecule has 180 valence electrons. The van der Waals surface area contributed by atoms with Gasteiger partial charge in [0.15, 0.2) is 0 Å². The zero-order chi connectivity index (χ0) is 21.2. The molecule has 1 aliphatic rings. The summed E-state index contributed by atoms with van der Waals surface area (Å²) in [5, 5.41) is 0. The molecule has 0 amide bonds. The fourth-order valence-electron chi connectivity index (χ4n) is 3.53. The third-order valence-corrected chi connectivity index (χ3v) is 5.47. The molecule has 0 bridgehead atoms. The molecule has 0 spiro atoms. The second-order valence-electron chi connectivity index (χ2n) is 9.55. The van der Waals surface area contributed by atoms with Gasteiger partial charge in [-0.25, -0.2) is 9.98 Å². The van der Waals surface area contributed by atoms with Gasteiger partial charge >= 0.3 is 0 Å². The van der Waals surface area contributed by atoms with Crippen LogP contribution in [0.3, 0.4) is 0 Å². The van der Waals surface area contributed by atoms with Crippen LogP contribution in [0.25, 0.3) is 0 Å². The van der Waals surface area contributed by atoms with E-state index in [1.165, 1.54) is 11.1 Å². The van der Waals surface area contributed by atoms with E-state index in [9.17, 15) is 0 Å². The summed E-state index contributed by atoms with van der Waals surface area (Å²) in [6, 6.07) is 16.9. The van der Waals surface area contributed by atoms with Crippen LogP contribution >= 0.6 is 0 Å². The Labute approximate surface area is 210 Å². The molecule has 0 aromatic heterocycles. The third-order valence-electron chi connectivity index (χ3n) is 5.47. The van der Waals surface area contributed by atoms with E-state index < -0.39 is 0 Å². The van der Waals surface area contributed by atoms with Gasteiger partial charge < -0.3 is 19.6 Å². The van der Waals surface area contributed by atoms with Crippen LogP contribution in [-0.4, -0.2) is 24.3 Å². The number of rotatable bonds is 5. The van der Waals surface area contributed by atoms with Crippen molar-refractivity contribution in [2.24, 2.45) is 15.4 Å². The van der Waals surface area contributed by atoms with Gasteiger partial charge in [-0.15, -0.1) is 0 Å². The second kappa shape index (κ2) is 12.5. The molecular formula is C28H40N2OPd-2. The summed E-state index contributed by atoms with van der Waals surface area (Å²) in [4.78, 5) is 10.2. The van der Waals surface area contributed by atoms with Crippen molar-refractivity contribution < 1.29 is 25.2 Å². The second-order valence-corrected chi connectivity index (χ2v) is 9.55. The van der Waals surface area contributed by atoms with Crippen LogP contribution in [0.1, 0.15) is 77.0 Å².